The fourth-order valence-electron chi connectivity index (χ4n) is 2.73. The van der Waals surface area contributed by atoms with Crippen molar-refractivity contribution in [3.05, 3.63) is 48.3 Å². The summed E-state index contributed by atoms with van der Waals surface area (Å²) in [6.07, 6.45) is 2.94. The van der Waals surface area contributed by atoms with E-state index in [-0.39, 0.29) is 41.7 Å². The third-order valence-electron chi connectivity index (χ3n) is 4.05. The average Bonchev–Trinajstić information content (AvgIpc) is 2.94. The van der Waals surface area contributed by atoms with Crippen molar-refractivity contribution >= 4 is 31.6 Å². The molecule has 150 valence electrons. The summed E-state index contributed by atoms with van der Waals surface area (Å²) < 4.78 is 58.5. The van der Waals surface area contributed by atoms with E-state index in [0.717, 1.165) is 6.07 Å². The molecule has 28 heavy (non-hydrogen) atoms. The number of ether oxygens (including phenoxy) is 1. The summed E-state index contributed by atoms with van der Waals surface area (Å²) >= 11 is 0. The number of carbonyl (C=O) groups excluding carboxylic acids is 1. The van der Waals surface area contributed by atoms with Crippen molar-refractivity contribution in [3.8, 4) is 5.75 Å². The first-order chi connectivity index (χ1) is 13.2. The number of hydrogen-bond donors (Lipinski definition) is 1. The molecule has 1 amide bonds. The summed E-state index contributed by atoms with van der Waals surface area (Å²) in [7, 11) is -7.86. The van der Waals surface area contributed by atoms with Gasteiger partial charge in [0.2, 0.25) is 26.0 Å². The van der Waals surface area contributed by atoms with E-state index in [1.54, 1.807) is 31.5 Å². The smallest absolute Gasteiger partial charge is 0.244 e. The van der Waals surface area contributed by atoms with Gasteiger partial charge in [-0.05, 0) is 42.8 Å². The Balaban J connectivity index is 1.99. The maximum Gasteiger partial charge on any atom is 0.244 e. The van der Waals surface area contributed by atoms with Crippen molar-refractivity contribution in [2.24, 2.45) is 0 Å². The molecule has 1 aromatic carbocycles. The molecule has 0 radical (unpaired) electrons. The number of amides is 1. The number of hydrogen-bond acceptors (Lipinski definition) is 7. The molecule has 9 nitrogen and oxygen atoms in total. The first-order valence-corrected chi connectivity index (χ1v) is 11.5. The zero-order valence-electron chi connectivity index (χ0n) is 15.0. The molecule has 2 heterocycles. The molecule has 1 N–H and O–H groups in total. The molecule has 0 spiro atoms. The minimum Gasteiger partial charge on any atom is -0.492 e. The van der Waals surface area contributed by atoms with Crippen LogP contribution in [0.5, 0.6) is 5.75 Å². The van der Waals surface area contributed by atoms with Crippen molar-refractivity contribution in [2.75, 3.05) is 16.7 Å². The molecular formula is C17H19N3O6S2. The quantitative estimate of drug-likeness (QED) is 0.703. The van der Waals surface area contributed by atoms with Gasteiger partial charge in [0.1, 0.15) is 10.6 Å². The lowest BCUT2D eigenvalue weighted by Crippen LogP contribution is -2.30. The topological polar surface area (TPSA) is 123 Å². The van der Waals surface area contributed by atoms with Gasteiger partial charge in [0.25, 0.3) is 0 Å². The number of nitrogens with zero attached hydrogens (tertiary/aromatic N) is 2. The molecule has 1 saturated heterocycles. The summed E-state index contributed by atoms with van der Waals surface area (Å²) in [6.45, 7) is 1.93. The normalized spacial score (nSPS) is 16.3. The third-order valence-corrected chi connectivity index (χ3v) is 7.16. The fraction of sp³-hybridized carbons (Fsp3) is 0.294. The van der Waals surface area contributed by atoms with Crippen LogP contribution in [0, 0.1) is 0 Å². The van der Waals surface area contributed by atoms with Crippen molar-refractivity contribution in [1.82, 2.24) is 9.71 Å². The summed E-state index contributed by atoms with van der Waals surface area (Å²) in [5, 5.41) is 0. The van der Waals surface area contributed by atoms with E-state index in [0.29, 0.717) is 9.87 Å². The summed E-state index contributed by atoms with van der Waals surface area (Å²) in [5.41, 5.74) is 0.667. The fourth-order valence-corrected chi connectivity index (χ4v) is 5.36. The van der Waals surface area contributed by atoms with Crippen molar-refractivity contribution in [3.63, 3.8) is 0 Å². The van der Waals surface area contributed by atoms with Gasteiger partial charge in [-0.1, -0.05) is 0 Å². The molecule has 0 saturated carbocycles. The van der Waals surface area contributed by atoms with Gasteiger partial charge < -0.3 is 4.74 Å². The van der Waals surface area contributed by atoms with E-state index in [9.17, 15) is 21.6 Å². The second kappa shape index (κ2) is 7.86. The van der Waals surface area contributed by atoms with Gasteiger partial charge in [0, 0.05) is 25.4 Å². The van der Waals surface area contributed by atoms with Gasteiger partial charge in [-0.2, -0.15) is 0 Å². The molecule has 11 heteroatoms. The molecule has 0 unspecified atom stereocenters. The zero-order valence-corrected chi connectivity index (χ0v) is 16.7. The Labute approximate surface area is 163 Å². The Morgan fingerprint density at radius 2 is 1.93 bits per heavy atom. The molecule has 1 aliphatic heterocycles. The minimum atomic E-state index is -4.05. The number of benzene rings is 1. The second-order valence-electron chi connectivity index (χ2n) is 5.97. The standard InChI is InChI=1S/C17H19N3O6S2/c1-2-26-15-4-3-14(20-17(21)7-10-27(20,22)23)11-16(15)28(24,25)19-12-13-5-8-18-9-6-13/h3-6,8-9,11,19H,2,7,10,12H2,1H3. The Hall–Kier alpha value is -2.50. The zero-order chi connectivity index (χ0) is 20.4. The number of anilines is 1. The highest BCUT2D eigenvalue weighted by molar-refractivity contribution is 7.94. The third kappa shape index (κ3) is 4.16. The maximum absolute atomic E-state index is 12.9. The van der Waals surface area contributed by atoms with E-state index >= 15 is 0 Å². The number of aromatic nitrogens is 1. The molecule has 0 atom stereocenters. The van der Waals surface area contributed by atoms with E-state index in [1.807, 2.05) is 0 Å². The summed E-state index contributed by atoms with van der Waals surface area (Å²) in [6, 6.07) is 7.17. The molecule has 1 fully saturated rings. The van der Waals surface area contributed by atoms with Gasteiger partial charge in [-0.15, -0.1) is 0 Å². The van der Waals surface area contributed by atoms with Crippen LogP contribution in [0.1, 0.15) is 18.9 Å². The predicted octanol–water partition coefficient (Wildman–Crippen LogP) is 1.03. The molecule has 0 bridgehead atoms. The van der Waals surface area contributed by atoms with Gasteiger partial charge in [-0.25, -0.2) is 25.9 Å². The molecule has 0 aliphatic carbocycles. The average molecular weight is 425 g/mol. The van der Waals surface area contributed by atoms with Crippen LogP contribution >= 0.6 is 0 Å². The van der Waals surface area contributed by atoms with Crippen LogP contribution in [0.2, 0.25) is 0 Å². The van der Waals surface area contributed by atoms with Crippen LogP contribution < -0.4 is 13.8 Å². The van der Waals surface area contributed by atoms with Crippen LogP contribution in [0.25, 0.3) is 0 Å². The molecule has 3 rings (SSSR count). The van der Waals surface area contributed by atoms with Crippen LogP contribution in [0.3, 0.4) is 0 Å². The lowest BCUT2D eigenvalue weighted by Gasteiger charge is -2.18. The highest BCUT2D eigenvalue weighted by Gasteiger charge is 2.37. The molecular weight excluding hydrogens is 406 g/mol. The molecule has 2 aromatic rings. The Kier molecular flexibility index (Phi) is 5.68. The van der Waals surface area contributed by atoms with Gasteiger partial charge in [0.15, 0.2) is 0 Å². The summed E-state index contributed by atoms with van der Waals surface area (Å²) in [5.74, 6) is -0.837. The van der Waals surface area contributed by atoms with Crippen LogP contribution in [0.15, 0.2) is 47.6 Å². The summed E-state index contributed by atoms with van der Waals surface area (Å²) in [4.78, 5) is 15.6. The van der Waals surface area contributed by atoms with E-state index < -0.39 is 26.0 Å². The number of sulfonamides is 2. The first-order valence-electron chi connectivity index (χ1n) is 8.46. The number of nitrogens with one attached hydrogen (secondary N) is 1. The minimum absolute atomic E-state index is 0.0155. The number of carbonyl (C=O) groups is 1. The van der Waals surface area contributed by atoms with Crippen LogP contribution in [-0.4, -0.2) is 40.1 Å². The molecule has 1 aliphatic rings. The van der Waals surface area contributed by atoms with Gasteiger partial charge >= 0.3 is 0 Å². The predicted molar refractivity (Wildman–Crippen MR) is 102 cm³/mol. The Morgan fingerprint density at radius 1 is 1.21 bits per heavy atom. The van der Waals surface area contributed by atoms with Gasteiger partial charge in [0.05, 0.1) is 18.0 Å². The first kappa shape index (κ1) is 20.2. The number of pyridine rings is 1. The SMILES string of the molecule is CCOc1ccc(N2C(=O)CCS2(=O)=O)cc1S(=O)(=O)NCc1ccncc1. The van der Waals surface area contributed by atoms with Crippen molar-refractivity contribution < 1.29 is 26.4 Å². The monoisotopic (exact) mass is 425 g/mol. The second-order valence-corrected chi connectivity index (χ2v) is 9.64. The van der Waals surface area contributed by atoms with Crippen LogP contribution in [-0.2, 0) is 31.4 Å². The highest BCUT2D eigenvalue weighted by atomic mass is 32.2. The lowest BCUT2D eigenvalue weighted by atomic mass is 10.3. The van der Waals surface area contributed by atoms with E-state index in [1.165, 1.54) is 12.1 Å². The van der Waals surface area contributed by atoms with E-state index in [4.69, 9.17) is 4.74 Å². The lowest BCUT2D eigenvalue weighted by molar-refractivity contribution is -0.116. The number of rotatable bonds is 7. The largest absolute Gasteiger partial charge is 0.492 e. The Bertz CT molecular complexity index is 1090. The Morgan fingerprint density at radius 3 is 2.54 bits per heavy atom. The van der Waals surface area contributed by atoms with Gasteiger partial charge in [-0.3, -0.25) is 9.78 Å². The highest BCUT2D eigenvalue weighted by Crippen LogP contribution is 2.32. The van der Waals surface area contributed by atoms with Crippen LogP contribution in [0.4, 0.5) is 5.69 Å². The van der Waals surface area contributed by atoms with Crippen molar-refractivity contribution in [2.45, 2.75) is 24.8 Å². The molecule has 1 aromatic heterocycles. The van der Waals surface area contributed by atoms with Crippen molar-refractivity contribution in [1.29, 1.82) is 0 Å². The van der Waals surface area contributed by atoms with E-state index in [2.05, 4.69) is 9.71 Å². The maximum atomic E-state index is 12.9.